The second-order valence-electron chi connectivity index (χ2n) is 5.15. The molecule has 0 saturated heterocycles. The fraction of sp³-hybridized carbons (Fsp3) is 0.111. The second kappa shape index (κ2) is 5.85. The summed E-state index contributed by atoms with van der Waals surface area (Å²) < 4.78 is 0. The van der Waals surface area contributed by atoms with Gasteiger partial charge in [-0.05, 0) is 29.7 Å². The third-order valence-corrected chi connectivity index (χ3v) is 3.67. The summed E-state index contributed by atoms with van der Waals surface area (Å²) in [7, 11) is 0. The van der Waals surface area contributed by atoms with E-state index in [9.17, 15) is 9.59 Å². The molecule has 1 aliphatic heterocycles. The largest absolute Gasteiger partial charge is 0.481 e. The van der Waals surface area contributed by atoms with E-state index in [1.54, 1.807) is 0 Å². The highest BCUT2D eigenvalue weighted by atomic mass is 16.4. The molecule has 0 spiro atoms. The van der Waals surface area contributed by atoms with Crippen LogP contribution in [0, 0.1) is 0 Å². The van der Waals surface area contributed by atoms with E-state index in [1.165, 1.54) is 0 Å². The lowest BCUT2D eigenvalue weighted by Gasteiger charge is -2.05. The quantitative estimate of drug-likeness (QED) is 0.851. The molecule has 0 saturated carbocycles. The number of rotatable bonds is 4. The number of fused-ring (bicyclic) bond motifs is 1. The van der Waals surface area contributed by atoms with Gasteiger partial charge in [0.05, 0.1) is 0 Å². The van der Waals surface area contributed by atoms with Crippen LogP contribution in [0.1, 0.15) is 23.1 Å². The lowest BCUT2D eigenvalue weighted by Crippen LogP contribution is -2.04. The number of carbonyl (C=O) groups is 2. The van der Waals surface area contributed by atoms with Gasteiger partial charge in [-0.25, -0.2) is 0 Å². The molecule has 0 radical (unpaired) electrons. The minimum atomic E-state index is -0.827. The van der Waals surface area contributed by atoms with Crippen molar-refractivity contribution in [1.82, 2.24) is 0 Å². The summed E-state index contributed by atoms with van der Waals surface area (Å²) >= 11 is 0. The Hall–Kier alpha value is -2.88. The van der Waals surface area contributed by atoms with Gasteiger partial charge in [0.25, 0.3) is 5.91 Å². The number of carboxylic acid groups (broad SMARTS) is 1. The fourth-order valence-electron chi connectivity index (χ4n) is 2.58. The first-order valence-electron chi connectivity index (χ1n) is 7.07. The van der Waals surface area contributed by atoms with E-state index < -0.39 is 5.97 Å². The van der Waals surface area contributed by atoms with Crippen LogP contribution in [0.2, 0.25) is 0 Å². The number of amides is 1. The van der Waals surface area contributed by atoms with Gasteiger partial charge in [-0.15, -0.1) is 0 Å². The van der Waals surface area contributed by atoms with Crippen molar-refractivity contribution in [3.63, 3.8) is 0 Å². The lowest BCUT2D eigenvalue weighted by molar-refractivity contribution is -0.137. The maximum Gasteiger partial charge on any atom is 0.303 e. The molecule has 2 N–H and O–H groups in total. The molecule has 0 unspecified atom stereocenters. The summed E-state index contributed by atoms with van der Waals surface area (Å²) in [6, 6.07) is 15.1. The third-order valence-electron chi connectivity index (χ3n) is 3.67. The van der Waals surface area contributed by atoms with Gasteiger partial charge in [0.1, 0.15) is 0 Å². The van der Waals surface area contributed by atoms with Gasteiger partial charge in [0, 0.05) is 23.2 Å². The van der Waals surface area contributed by atoms with E-state index in [1.807, 2.05) is 54.6 Å². The Balaban J connectivity index is 1.99. The highest BCUT2D eigenvalue weighted by Crippen LogP contribution is 2.33. The molecule has 0 aromatic heterocycles. The number of aliphatic carboxylic acids is 1. The van der Waals surface area contributed by atoms with Crippen molar-refractivity contribution in [3.05, 3.63) is 65.2 Å². The number of hydrogen-bond donors (Lipinski definition) is 2. The van der Waals surface area contributed by atoms with Crippen LogP contribution in [0.25, 0.3) is 11.6 Å². The molecular weight excluding hydrogens is 278 g/mol. The van der Waals surface area contributed by atoms with Gasteiger partial charge >= 0.3 is 5.97 Å². The van der Waals surface area contributed by atoms with Gasteiger partial charge in [0.2, 0.25) is 0 Å². The van der Waals surface area contributed by atoms with Gasteiger partial charge in [-0.2, -0.15) is 0 Å². The van der Waals surface area contributed by atoms with Crippen LogP contribution in [0.5, 0.6) is 0 Å². The summed E-state index contributed by atoms with van der Waals surface area (Å²) in [4.78, 5) is 22.9. The van der Waals surface area contributed by atoms with Gasteiger partial charge in [-0.3, -0.25) is 9.59 Å². The Morgan fingerprint density at radius 1 is 1.09 bits per heavy atom. The Bertz CT molecular complexity index is 777. The average Bonchev–Trinajstić information content (AvgIpc) is 2.82. The molecule has 1 amide bonds. The Morgan fingerprint density at radius 3 is 2.64 bits per heavy atom. The molecule has 4 nitrogen and oxygen atoms in total. The molecule has 0 bridgehead atoms. The molecule has 1 heterocycles. The van der Waals surface area contributed by atoms with E-state index >= 15 is 0 Å². The summed E-state index contributed by atoms with van der Waals surface area (Å²) in [5.41, 5.74) is 4.10. The van der Waals surface area contributed by atoms with Crippen LogP contribution in [0.15, 0.2) is 48.5 Å². The minimum absolute atomic E-state index is 0.0724. The first kappa shape index (κ1) is 14.1. The van der Waals surface area contributed by atoms with E-state index in [-0.39, 0.29) is 12.3 Å². The number of para-hydroxylation sites is 1. The van der Waals surface area contributed by atoms with Crippen LogP contribution in [0.4, 0.5) is 5.69 Å². The van der Waals surface area contributed by atoms with E-state index in [4.69, 9.17) is 5.11 Å². The standard InChI is InChI=1S/C18H15NO3/c20-17(21)10-9-12-5-1-2-6-13(12)11-15-14-7-3-4-8-16(14)19-18(15)22/h1-8,11H,9-10H2,(H,19,22)(H,20,21)/b15-11+. The number of nitrogens with one attached hydrogen (secondary N) is 1. The van der Waals surface area contributed by atoms with Gasteiger partial charge in [-0.1, -0.05) is 42.5 Å². The molecule has 0 atom stereocenters. The SMILES string of the molecule is O=C(O)CCc1ccccc1/C=C1/C(=O)Nc2ccccc21. The summed E-state index contributed by atoms with van der Waals surface area (Å²) in [6.07, 6.45) is 2.35. The predicted molar refractivity (Wildman–Crippen MR) is 85.3 cm³/mol. The van der Waals surface area contributed by atoms with Crippen LogP contribution in [-0.4, -0.2) is 17.0 Å². The number of carboxylic acids is 1. The predicted octanol–water partition coefficient (Wildman–Crippen LogP) is 3.20. The van der Waals surface area contributed by atoms with E-state index in [0.717, 1.165) is 22.4 Å². The van der Waals surface area contributed by atoms with E-state index in [2.05, 4.69) is 5.32 Å². The Morgan fingerprint density at radius 2 is 1.82 bits per heavy atom. The maximum absolute atomic E-state index is 12.1. The number of anilines is 1. The lowest BCUT2D eigenvalue weighted by atomic mass is 9.98. The summed E-state index contributed by atoms with van der Waals surface area (Å²) in [6.45, 7) is 0. The number of carbonyl (C=O) groups excluding carboxylic acids is 1. The van der Waals surface area contributed by atoms with E-state index in [0.29, 0.717) is 12.0 Å². The Kier molecular flexibility index (Phi) is 3.74. The molecule has 22 heavy (non-hydrogen) atoms. The molecular formula is C18H15NO3. The first-order chi connectivity index (χ1) is 10.6. The van der Waals surface area contributed by atoms with Crippen molar-refractivity contribution >= 4 is 29.2 Å². The van der Waals surface area contributed by atoms with Gasteiger partial charge < -0.3 is 10.4 Å². The number of benzene rings is 2. The topological polar surface area (TPSA) is 66.4 Å². The van der Waals surface area contributed by atoms with Crippen LogP contribution in [0.3, 0.4) is 0 Å². The van der Waals surface area contributed by atoms with Crippen molar-refractivity contribution in [1.29, 1.82) is 0 Å². The van der Waals surface area contributed by atoms with Crippen LogP contribution in [-0.2, 0) is 16.0 Å². The zero-order valence-electron chi connectivity index (χ0n) is 11.9. The average molecular weight is 293 g/mol. The maximum atomic E-state index is 12.1. The highest BCUT2D eigenvalue weighted by Gasteiger charge is 2.23. The molecule has 4 heteroatoms. The second-order valence-corrected chi connectivity index (χ2v) is 5.15. The highest BCUT2D eigenvalue weighted by molar-refractivity contribution is 6.34. The zero-order chi connectivity index (χ0) is 15.5. The zero-order valence-corrected chi connectivity index (χ0v) is 11.9. The van der Waals surface area contributed by atoms with Crippen LogP contribution >= 0.6 is 0 Å². The first-order valence-corrected chi connectivity index (χ1v) is 7.07. The molecule has 2 aromatic carbocycles. The normalized spacial score (nSPS) is 14.7. The monoisotopic (exact) mass is 293 g/mol. The van der Waals surface area contributed by atoms with Gasteiger partial charge in [0.15, 0.2) is 0 Å². The fourth-order valence-corrected chi connectivity index (χ4v) is 2.58. The van der Waals surface area contributed by atoms with Crippen LogP contribution < -0.4 is 5.32 Å². The van der Waals surface area contributed by atoms with Crippen molar-refractivity contribution in [3.8, 4) is 0 Å². The summed E-state index contributed by atoms with van der Waals surface area (Å²) in [5.74, 6) is -0.958. The Labute approximate surface area is 128 Å². The van der Waals surface area contributed by atoms with Crippen molar-refractivity contribution in [2.24, 2.45) is 0 Å². The van der Waals surface area contributed by atoms with Crippen molar-refractivity contribution in [2.75, 3.05) is 5.32 Å². The molecule has 3 rings (SSSR count). The molecule has 0 aliphatic carbocycles. The smallest absolute Gasteiger partial charge is 0.303 e. The molecule has 110 valence electrons. The summed E-state index contributed by atoms with van der Waals surface area (Å²) in [5, 5.41) is 11.7. The number of aryl methyl sites for hydroxylation is 1. The molecule has 1 aliphatic rings. The molecule has 0 fully saturated rings. The number of hydrogen-bond acceptors (Lipinski definition) is 2. The molecule has 2 aromatic rings. The van der Waals surface area contributed by atoms with Crippen molar-refractivity contribution in [2.45, 2.75) is 12.8 Å². The third kappa shape index (κ3) is 2.76. The van der Waals surface area contributed by atoms with Crippen molar-refractivity contribution < 1.29 is 14.7 Å². The minimum Gasteiger partial charge on any atom is -0.481 e.